The molecular weight excluding hydrogens is 373 g/mol. The standard InChI is InChI=1S/C17H19Cl2NOS.ClH/c1-20-10-14(11-6-7-15(18)16(19)9-11)17(21)12-4-3-5-13(8-12)22-2;/h3-9,14,17,20-21H,10H2,1-2H3;1H/t14-,17+;/m1./s1. The van der Waals surface area contributed by atoms with Crippen molar-refractivity contribution in [1.29, 1.82) is 0 Å². The largest absolute Gasteiger partial charge is 0.388 e. The van der Waals surface area contributed by atoms with Crippen LogP contribution in [-0.2, 0) is 0 Å². The summed E-state index contributed by atoms with van der Waals surface area (Å²) in [7, 11) is 1.87. The predicted molar refractivity (Wildman–Crippen MR) is 104 cm³/mol. The van der Waals surface area contributed by atoms with Gasteiger partial charge >= 0.3 is 0 Å². The van der Waals surface area contributed by atoms with Crippen molar-refractivity contribution in [3.8, 4) is 0 Å². The predicted octanol–water partition coefficient (Wildman–Crippen LogP) is 5.17. The topological polar surface area (TPSA) is 32.3 Å². The zero-order valence-corrected chi connectivity index (χ0v) is 16.1. The Labute approximate surface area is 158 Å². The van der Waals surface area contributed by atoms with Gasteiger partial charge in [-0.25, -0.2) is 0 Å². The maximum Gasteiger partial charge on any atom is 0.0871 e. The Kier molecular flexibility index (Phi) is 8.76. The highest BCUT2D eigenvalue weighted by Gasteiger charge is 2.23. The van der Waals surface area contributed by atoms with Gasteiger partial charge in [0.25, 0.3) is 0 Å². The Morgan fingerprint density at radius 1 is 1.09 bits per heavy atom. The Morgan fingerprint density at radius 3 is 2.43 bits per heavy atom. The average molecular weight is 393 g/mol. The molecule has 0 heterocycles. The van der Waals surface area contributed by atoms with Crippen molar-refractivity contribution in [2.75, 3.05) is 19.8 Å². The number of halogens is 3. The van der Waals surface area contributed by atoms with E-state index in [0.29, 0.717) is 16.6 Å². The number of benzene rings is 2. The van der Waals surface area contributed by atoms with Gasteiger partial charge in [0, 0.05) is 17.4 Å². The van der Waals surface area contributed by atoms with E-state index in [1.165, 1.54) is 0 Å². The van der Waals surface area contributed by atoms with Crippen LogP contribution in [0.5, 0.6) is 0 Å². The van der Waals surface area contributed by atoms with Crippen LogP contribution in [0.15, 0.2) is 47.4 Å². The SMILES string of the molecule is CNC[C@H](c1ccc(Cl)c(Cl)c1)[C@@H](O)c1cccc(SC)c1.Cl. The molecule has 0 fully saturated rings. The van der Waals surface area contributed by atoms with Gasteiger partial charge in [0.05, 0.1) is 16.1 Å². The first kappa shape index (κ1) is 20.6. The van der Waals surface area contributed by atoms with Gasteiger partial charge in [0.1, 0.15) is 0 Å². The number of aliphatic hydroxyl groups is 1. The molecule has 2 rings (SSSR count). The Balaban J connectivity index is 0.00000264. The van der Waals surface area contributed by atoms with Crippen LogP contribution in [-0.4, -0.2) is 25.0 Å². The Hall–Kier alpha value is -0.420. The molecule has 0 unspecified atom stereocenters. The van der Waals surface area contributed by atoms with Gasteiger partial charge in [0.15, 0.2) is 0 Å². The summed E-state index contributed by atoms with van der Waals surface area (Å²) in [6, 6.07) is 13.5. The smallest absolute Gasteiger partial charge is 0.0871 e. The third-order valence-electron chi connectivity index (χ3n) is 3.61. The first-order chi connectivity index (χ1) is 10.6. The minimum absolute atomic E-state index is 0. The van der Waals surface area contributed by atoms with Crippen molar-refractivity contribution >= 4 is 47.4 Å². The van der Waals surface area contributed by atoms with E-state index in [-0.39, 0.29) is 18.3 Å². The summed E-state index contributed by atoms with van der Waals surface area (Å²) in [5.74, 6) is -0.100. The number of rotatable bonds is 6. The molecule has 0 aliphatic carbocycles. The van der Waals surface area contributed by atoms with E-state index in [0.717, 1.165) is 16.0 Å². The average Bonchev–Trinajstić information content (AvgIpc) is 2.54. The Morgan fingerprint density at radius 2 is 1.83 bits per heavy atom. The van der Waals surface area contributed by atoms with Gasteiger partial charge in [-0.2, -0.15) is 0 Å². The summed E-state index contributed by atoms with van der Waals surface area (Å²) in [6.45, 7) is 0.641. The van der Waals surface area contributed by atoms with Gasteiger partial charge in [-0.3, -0.25) is 0 Å². The van der Waals surface area contributed by atoms with E-state index in [1.54, 1.807) is 17.8 Å². The lowest BCUT2D eigenvalue weighted by Gasteiger charge is -2.24. The van der Waals surface area contributed by atoms with Crippen LogP contribution < -0.4 is 5.32 Å². The molecule has 0 amide bonds. The molecule has 23 heavy (non-hydrogen) atoms. The van der Waals surface area contributed by atoms with Crippen molar-refractivity contribution in [1.82, 2.24) is 5.32 Å². The maximum atomic E-state index is 10.8. The zero-order valence-electron chi connectivity index (χ0n) is 12.9. The molecule has 2 aromatic carbocycles. The summed E-state index contributed by atoms with van der Waals surface area (Å²) in [5, 5.41) is 15.0. The summed E-state index contributed by atoms with van der Waals surface area (Å²) in [5.41, 5.74) is 1.86. The van der Waals surface area contributed by atoms with Gasteiger partial charge in [0.2, 0.25) is 0 Å². The van der Waals surface area contributed by atoms with Gasteiger partial charge in [-0.05, 0) is 48.7 Å². The van der Waals surface area contributed by atoms with Crippen LogP contribution in [0, 0.1) is 0 Å². The second-order valence-electron chi connectivity index (χ2n) is 5.06. The van der Waals surface area contributed by atoms with Gasteiger partial charge < -0.3 is 10.4 Å². The summed E-state index contributed by atoms with van der Waals surface area (Å²) >= 11 is 13.8. The number of likely N-dealkylation sites (N-methyl/N-ethyl adjacent to an activating group) is 1. The fraction of sp³-hybridized carbons (Fsp3) is 0.294. The van der Waals surface area contributed by atoms with Crippen LogP contribution in [0.1, 0.15) is 23.1 Å². The minimum Gasteiger partial charge on any atom is -0.388 e. The zero-order chi connectivity index (χ0) is 16.1. The second-order valence-corrected chi connectivity index (χ2v) is 6.75. The Bertz CT molecular complexity index is 639. The van der Waals surface area contributed by atoms with E-state index >= 15 is 0 Å². The molecule has 0 saturated heterocycles. The molecule has 0 aliphatic rings. The fourth-order valence-corrected chi connectivity index (χ4v) is 3.21. The van der Waals surface area contributed by atoms with Crippen molar-refractivity contribution in [2.24, 2.45) is 0 Å². The third kappa shape index (κ3) is 5.28. The normalized spacial score (nSPS) is 13.3. The molecule has 2 aromatic rings. The van der Waals surface area contributed by atoms with Crippen molar-refractivity contribution in [3.05, 3.63) is 63.6 Å². The van der Waals surface area contributed by atoms with Crippen molar-refractivity contribution in [2.45, 2.75) is 16.9 Å². The monoisotopic (exact) mass is 391 g/mol. The second kappa shape index (κ2) is 9.77. The number of aliphatic hydroxyl groups excluding tert-OH is 1. The van der Waals surface area contributed by atoms with E-state index in [2.05, 4.69) is 5.32 Å². The first-order valence-electron chi connectivity index (χ1n) is 6.98. The van der Waals surface area contributed by atoms with Crippen LogP contribution >= 0.6 is 47.4 Å². The lowest BCUT2D eigenvalue weighted by atomic mass is 9.89. The minimum atomic E-state index is -0.614. The molecule has 2 N–H and O–H groups in total. The van der Waals surface area contributed by atoms with Crippen LogP contribution in [0.3, 0.4) is 0 Å². The molecule has 6 heteroatoms. The summed E-state index contributed by atoms with van der Waals surface area (Å²) in [4.78, 5) is 1.13. The molecular formula is C17H20Cl3NOS. The van der Waals surface area contributed by atoms with E-state index < -0.39 is 6.10 Å². The van der Waals surface area contributed by atoms with E-state index in [1.807, 2.05) is 49.7 Å². The molecule has 0 spiro atoms. The lowest BCUT2D eigenvalue weighted by molar-refractivity contribution is 0.144. The number of hydrogen-bond acceptors (Lipinski definition) is 3. The molecule has 0 radical (unpaired) electrons. The van der Waals surface area contributed by atoms with E-state index in [4.69, 9.17) is 23.2 Å². The molecule has 0 bridgehead atoms. The first-order valence-corrected chi connectivity index (χ1v) is 8.96. The highest BCUT2D eigenvalue weighted by molar-refractivity contribution is 7.98. The lowest BCUT2D eigenvalue weighted by Crippen LogP contribution is -2.23. The summed E-state index contributed by atoms with van der Waals surface area (Å²) in [6.07, 6.45) is 1.41. The molecule has 2 nitrogen and oxygen atoms in total. The molecule has 0 aromatic heterocycles. The van der Waals surface area contributed by atoms with Crippen molar-refractivity contribution in [3.63, 3.8) is 0 Å². The van der Waals surface area contributed by atoms with Crippen LogP contribution in [0.25, 0.3) is 0 Å². The molecule has 0 aliphatic heterocycles. The molecule has 0 saturated carbocycles. The quantitative estimate of drug-likeness (QED) is 0.665. The number of nitrogens with one attached hydrogen (secondary N) is 1. The highest BCUT2D eigenvalue weighted by Crippen LogP contribution is 2.34. The highest BCUT2D eigenvalue weighted by atomic mass is 35.5. The van der Waals surface area contributed by atoms with E-state index in [9.17, 15) is 5.11 Å². The summed E-state index contributed by atoms with van der Waals surface area (Å²) < 4.78 is 0. The van der Waals surface area contributed by atoms with Crippen LogP contribution in [0.4, 0.5) is 0 Å². The number of thioether (sulfide) groups is 1. The van der Waals surface area contributed by atoms with Crippen molar-refractivity contribution < 1.29 is 5.11 Å². The van der Waals surface area contributed by atoms with Crippen LogP contribution in [0.2, 0.25) is 10.0 Å². The molecule has 2 atom stereocenters. The fourth-order valence-electron chi connectivity index (χ4n) is 2.43. The van der Waals surface area contributed by atoms with Gasteiger partial charge in [-0.1, -0.05) is 41.4 Å². The number of hydrogen-bond donors (Lipinski definition) is 2. The molecule has 126 valence electrons. The van der Waals surface area contributed by atoms with Gasteiger partial charge in [-0.15, -0.1) is 24.2 Å². The maximum absolute atomic E-state index is 10.8. The third-order valence-corrected chi connectivity index (χ3v) is 5.08.